The molecule has 4 nitrogen and oxygen atoms in total. The van der Waals surface area contributed by atoms with E-state index in [1.54, 1.807) is 6.92 Å². The van der Waals surface area contributed by atoms with E-state index in [-0.39, 0.29) is 5.69 Å². The van der Waals surface area contributed by atoms with E-state index in [1.807, 2.05) is 6.92 Å². The van der Waals surface area contributed by atoms with Crippen LogP contribution < -0.4 is 5.32 Å². The normalized spacial score (nSPS) is 11.5. The molecular weight excluding hydrogens is 305 g/mol. The molecule has 0 unspecified atom stereocenters. The van der Waals surface area contributed by atoms with E-state index in [4.69, 9.17) is 5.11 Å². The molecule has 0 aliphatic carbocycles. The van der Waals surface area contributed by atoms with Gasteiger partial charge in [-0.05, 0) is 32.0 Å². The van der Waals surface area contributed by atoms with Gasteiger partial charge in [0.05, 0.1) is 22.5 Å². The molecule has 0 bridgehead atoms. The smallest absolute Gasteiger partial charge is 0.416 e. The number of hydrogen-bond donors (Lipinski definition) is 2. The van der Waals surface area contributed by atoms with Gasteiger partial charge in [-0.25, -0.2) is 9.78 Å². The zero-order valence-corrected chi connectivity index (χ0v) is 11.9. The van der Waals surface area contributed by atoms with Crippen LogP contribution in [-0.2, 0) is 6.18 Å². The molecule has 0 amide bonds. The molecule has 0 radical (unpaired) electrons. The largest absolute Gasteiger partial charge is 0.478 e. The highest BCUT2D eigenvalue weighted by atomic mass is 32.1. The highest BCUT2D eigenvalue weighted by molar-refractivity contribution is 7.15. The van der Waals surface area contributed by atoms with Gasteiger partial charge in [0, 0.05) is 4.88 Å². The van der Waals surface area contributed by atoms with Gasteiger partial charge in [0.25, 0.3) is 0 Å². The number of benzene rings is 1. The van der Waals surface area contributed by atoms with Crippen molar-refractivity contribution < 1.29 is 23.1 Å². The lowest BCUT2D eigenvalue weighted by Crippen LogP contribution is -2.09. The SMILES string of the molecule is Cc1nc(Nc2ccc(C(F)(F)F)cc2C(=O)O)sc1C. The second-order valence-electron chi connectivity index (χ2n) is 4.35. The monoisotopic (exact) mass is 316 g/mol. The predicted octanol–water partition coefficient (Wildman–Crippen LogP) is 4.22. The molecule has 1 heterocycles. The molecule has 2 rings (SSSR count). The van der Waals surface area contributed by atoms with Gasteiger partial charge in [-0.2, -0.15) is 13.2 Å². The van der Waals surface area contributed by atoms with Gasteiger partial charge in [0.1, 0.15) is 0 Å². The fourth-order valence-corrected chi connectivity index (χ4v) is 2.47. The molecule has 0 aliphatic heterocycles. The van der Waals surface area contributed by atoms with Crippen LogP contribution in [0.5, 0.6) is 0 Å². The molecule has 1 aromatic heterocycles. The Morgan fingerprint density at radius 3 is 2.48 bits per heavy atom. The third kappa shape index (κ3) is 3.33. The van der Waals surface area contributed by atoms with Crippen molar-refractivity contribution in [2.75, 3.05) is 5.32 Å². The summed E-state index contributed by atoms with van der Waals surface area (Å²) in [7, 11) is 0. The number of alkyl halides is 3. The number of aryl methyl sites for hydroxylation is 2. The van der Waals surface area contributed by atoms with Crippen LogP contribution in [0.25, 0.3) is 0 Å². The third-order valence-electron chi connectivity index (χ3n) is 2.85. The molecule has 0 fully saturated rings. The van der Waals surface area contributed by atoms with E-state index < -0.39 is 23.3 Å². The van der Waals surface area contributed by atoms with Crippen molar-refractivity contribution in [3.05, 3.63) is 39.9 Å². The molecule has 0 spiro atoms. The molecule has 0 atom stereocenters. The number of aromatic carboxylic acids is 1. The fraction of sp³-hybridized carbons (Fsp3) is 0.231. The summed E-state index contributed by atoms with van der Waals surface area (Å²) >= 11 is 1.30. The van der Waals surface area contributed by atoms with Gasteiger partial charge in [-0.1, -0.05) is 0 Å². The number of nitrogens with zero attached hydrogens (tertiary/aromatic N) is 1. The maximum Gasteiger partial charge on any atom is 0.416 e. The lowest BCUT2D eigenvalue weighted by molar-refractivity contribution is -0.137. The molecule has 2 aromatic rings. The number of carboxylic acid groups (broad SMARTS) is 1. The van der Waals surface area contributed by atoms with E-state index in [9.17, 15) is 18.0 Å². The lowest BCUT2D eigenvalue weighted by atomic mass is 10.1. The summed E-state index contributed by atoms with van der Waals surface area (Å²) in [6, 6.07) is 2.54. The van der Waals surface area contributed by atoms with Crippen molar-refractivity contribution in [1.82, 2.24) is 4.98 Å². The Hall–Kier alpha value is -2.09. The average molecular weight is 316 g/mol. The van der Waals surface area contributed by atoms with Crippen molar-refractivity contribution in [2.24, 2.45) is 0 Å². The standard InChI is InChI=1S/C13H11F3N2O2S/c1-6-7(2)21-12(17-6)18-10-4-3-8(13(14,15)16)5-9(10)11(19)20/h3-5H,1-2H3,(H,17,18)(H,19,20). The predicted molar refractivity (Wildman–Crippen MR) is 73.3 cm³/mol. The number of carboxylic acids is 1. The quantitative estimate of drug-likeness (QED) is 0.890. The van der Waals surface area contributed by atoms with Crippen LogP contribution in [-0.4, -0.2) is 16.1 Å². The van der Waals surface area contributed by atoms with Crippen LogP contribution >= 0.6 is 11.3 Å². The summed E-state index contributed by atoms with van der Waals surface area (Å²) in [4.78, 5) is 16.3. The number of halogens is 3. The van der Waals surface area contributed by atoms with Crippen molar-refractivity contribution in [3.8, 4) is 0 Å². The highest BCUT2D eigenvalue weighted by Gasteiger charge is 2.31. The number of anilines is 2. The maximum absolute atomic E-state index is 12.6. The summed E-state index contributed by atoms with van der Waals surface area (Å²) in [5.41, 5.74) is -0.595. The van der Waals surface area contributed by atoms with E-state index in [0.29, 0.717) is 11.2 Å². The first-order valence-corrected chi connectivity index (χ1v) is 6.65. The topological polar surface area (TPSA) is 62.2 Å². The molecule has 2 N–H and O–H groups in total. The van der Waals surface area contributed by atoms with E-state index >= 15 is 0 Å². The molecule has 1 aromatic carbocycles. The molecule has 21 heavy (non-hydrogen) atoms. The number of carbonyl (C=O) groups is 1. The van der Waals surface area contributed by atoms with Crippen LogP contribution in [0.15, 0.2) is 18.2 Å². The zero-order chi connectivity index (χ0) is 15.8. The minimum absolute atomic E-state index is 0.0734. The Kier molecular flexibility index (Phi) is 3.91. The Morgan fingerprint density at radius 2 is 2.00 bits per heavy atom. The van der Waals surface area contributed by atoms with Gasteiger partial charge in [-0.15, -0.1) is 11.3 Å². The molecule has 0 aliphatic rings. The van der Waals surface area contributed by atoms with Crippen molar-refractivity contribution in [3.63, 3.8) is 0 Å². The van der Waals surface area contributed by atoms with Crippen LogP contribution in [0.2, 0.25) is 0 Å². The van der Waals surface area contributed by atoms with Gasteiger partial charge in [0.2, 0.25) is 0 Å². The highest BCUT2D eigenvalue weighted by Crippen LogP contribution is 2.33. The number of rotatable bonds is 3. The lowest BCUT2D eigenvalue weighted by Gasteiger charge is -2.11. The summed E-state index contributed by atoms with van der Waals surface area (Å²) < 4.78 is 37.9. The molecule has 112 valence electrons. The van der Waals surface area contributed by atoms with Crippen molar-refractivity contribution >= 4 is 28.1 Å². The van der Waals surface area contributed by atoms with Gasteiger partial charge in [-0.3, -0.25) is 0 Å². The van der Waals surface area contributed by atoms with Crippen LogP contribution in [0.4, 0.5) is 24.0 Å². The van der Waals surface area contributed by atoms with Gasteiger partial charge >= 0.3 is 12.1 Å². The average Bonchev–Trinajstić information content (AvgIpc) is 2.67. The molecular formula is C13H11F3N2O2S. The second kappa shape index (κ2) is 5.36. The zero-order valence-electron chi connectivity index (χ0n) is 11.1. The number of nitrogens with one attached hydrogen (secondary N) is 1. The first kappa shape index (κ1) is 15.3. The first-order chi connectivity index (χ1) is 9.68. The fourth-order valence-electron chi connectivity index (χ4n) is 1.65. The van der Waals surface area contributed by atoms with Crippen LogP contribution in [0.1, 0.15) is 26.5 Å². The second-order valence-corrected chi connectivity index (χ2v) is 5.55. The number of aromatic nitrogens is 1. The van der Waals surface area contributed by atoms with Crippen LogP contribution in [0, 0.1) is 13.8 Å². The summed E-state index contributed by atoms with van der Waals surface area (Å²) in [5, 5.41) is 12.3. The third-order valence-corrected chi connectivity index (χ3v) is 3.84. The number of thiazole rings is 1. The van der Waals surface area contributed by atoms with Crippen LogP contribution in [0.3, 0.4) is 0 Å². The van der Waals surface area contributed by atoms with Crippen molar-refractivity contribution in [1.29, 1.82) is 0 Å². The molecule has 0 saturated carbocycles. The first-order valence-electron chi connectivity index (χ1n) is 5.84. The summed E-state index contributed by atoms with van der Waals surface area (Å²) in [6.45, 7) is 3.64. The van der Waals surface area contributed by atoms with Gasteiger partial charge < -0.3 is 10.4 Å². The molecule has 0 saturated heterocycles. The Balaban J connectivity index is 2.41. The number of hydrogen-bond acceptors (Lipinski definition) is 4. The van der Waals surface area contributed by atoms with Gasteiger partial charge in [0.15, 0.2) is 5.13 Å². The van der Waals surface area contributed by atoms with E-state index in [0.717, 1.165) is 22.7 Å². The Labute approximate surface area is 122 Å². The van der Waals surface area contributed by atoms with E-state index in [2.05, 4.69) is 10.3 Å². The Bertz CT molecular complexity index is 676. The maximum atomic E-state index is 12.6. The minimum atomic E-state index is -4.59. The molecule has 8 heteroatoms. The van der Waals surface area contributed by atoms with E-state index in [1.165, 1.54) is 11.3 Å². The summed E-state index contributed by atoms with van der Waals surface area (Å²) in [5.74, 6) is -1.44. The minimum Gasteiger partial charge on any atom is -0.478 e. The van der Waals surface area contributed by atoms with Crippen molar-refractivity contribution in [2.45, 2.75) is 20.0 Å². The Morgan fingerprint density at radius 1 is 1.33 bits per heavy atom. The summed E-state index contributed by atoms with van der Waals surface area (Å²) in [6.07, 6.45) is -4.59.